The Morgan fingerprint density at radius 1 is 1.14 bits per heavy atom. The topological polar surface area (TPSA) is 78.0 Å². The van der Waals surface area contributed by atoms with Gasteiger partial charge in [0.15, 0.2) is 6.10 Å². The lowest BCUT2D eigenvalue weighted by Gasteiger charge is -2.49. The van der Waals surface area contributed by atoms with Gasteiger partial charge in [-0.05, 0) is 25.6 Å². The van der Waals surface area contributed by atoms with E-state index in [9.17, 15) is 9.59 Å². The van der Waals surface area contributed by atoms with E-state index in [0.29, 0.717) is 18.7 Å². The Bertz CT molecular complexity index is 990. The number of ether oxygens (including phenoxy) is 3. The van der Waals surface area contributed by atoms with Crippen molar-refractivity contribution in [3.8, 4) is 5.88 Å². The van der Waals surface area contributed by atoms with Crippen LogP contribution in [0.3, 0.4) is 0 Å². The second-order valence-electron chi connectivity index (χ2n) is 7.49. The Balaban J connectivity index is 1.51. The zero-order chi connectivity index (χ0) is 19.3. The highest BCUT2D eigenvalue weighted by atomic mass is 16.6. The fourth-order valence-electron chi connectivity index (χ4n) is 4.59. The third kappa shape index (κ3) is 2.65. The molecular formula is C21H20N2O5. The Morgan fingerprint density at radius 2 is 1.96 bits per heavy atom. The smallest absolute Gasteiger partial charge is 0.332 e. The number of pyridine rings is 1. The standard InChI is InChI=1S/C21H20N2O5/c1-23-14-10-11-21(23)20(27-18(24)8-9-19(25)28-21)16(12-14)26-17-7-6-13-4-2-3-5-15(13)22-17/h2-9,14,16,20H,10-12H2,1H3/b9-8+. The number of para-hydroxylation sites is 1. The van der Waals surface area contributed by atoms with Crippen LogP contribution in [-0.4, -0.2) is 52.8 Å². The summed E-state index contributed by atoms with van der Waals surface area (Å²) in [6.07, 6.45) is 3.12. The number of esters is 2. The summed E-state index contributed by atoms with van der Waals surface area (Å²) >= 11 is 0. The fourth-order valence-corrected chi connectivity index (χ4v) is 4.59. The lowest BCUT2D eigenvalue weighted by molar-refractivity contribution is -0.239. The normalized spacial score (nSPS) is 33.4. The van der Waals surface area contributed by atoms with E-state index in [1.54, 1.807) is 0 Å². The third-order valence-corrected chi connectivity index (χ3v) is 5.99. The highest BCUT2D eigenvalue weighted by molar-refractivity contribution is 5.92. The molecule has 144 valence electrons. The van der Waals surface area contributed by atoms with Crippen LogP contribution >= 0.6 is 0 Å². The number of carbonyl (C=O) groups excluding carboxylic acids is 2. The molecular weight excluding hydrogens is 360 g/mol. The van der Waals surface area contributed by atoms with E-state index in [1.807, 2.05) is 48.3 Å². The maximum absolute atomic E-state index is 12.2. The van der Waals surface area contributed by atoms with E-state index < -0.39 is 29.9 Å². The first-order valence-electron chi connectivity index (χ1n) is 9.42. The second-order valence-corrected chi connectivity index (χ2v) is 7.49. The maximum Gasteiger partial charge on any atom is 0.332 e. The first kappa shape index (κ1) is 17.2. The molecule has 28 heavy (non-hydrogen) atoms. The van der Waals surface area contributed by atoms with Gasteiger partial charge in [-0.3, -0.25) is 4.90 Å². The fraction of sp³-hybridized carbons (Fsp3) is 0.381. The van der Waals surface area contributed by atoms with Gasteiger partial charge in [0.1, 0.15) is 6.10 Å². The van der Waals surface area contributed by atoms with Crippen molar-refractivity contribution >= 4 is 22.8 Å². The monoisotopic (exact) mass is 380 g/mol. The zero-order valence-electron chi connectivity index (χ0n) is 15.4. The van der Waals surface area contributed by atoms with Crippen molar-refractivity contribution in [2.45, 2.75) is 43.2 Å². The van der Waals surface area contributed by atoms with Crippen molar-refractivity contribution in [2.24, 2.45) is 0 Å². The number of carbonyl (C=O) groups is 2. The predicted molar refractivity (Wildman–Crippen MR) is 99.4 cm³/mol. The molecule has 2 bridgehead atoms. The summed E-state index contributed by atoms with van der Waals surface area (Å²) in [5, 5.41) is 1.02. The lowest BCUT2D eigenvalue weighted by atomic mass is 9.93. The van der Waals surface area contributed by atoms with E-state index in [1.165, 1.54) is 0 Å². The van der Waals surface area contributed by atoms with Crippen molar-refractivity contribution in [3.05, 3.63) is 48.6 Å². The Hall–Kier alpha value is -2.93. The summed E-state index contributed by atoms with van der Waals surface area (Å²) in [6.45, 7) is 0. The van der Waals surface area contributed by atoms with Crippen LogP contribution in [0.1, 0.15) is 19.3 Å². The van der Waals surface area contributed by atoms with Crippen molar-refractivity contribution in [1.29, 1.82) is 0 Å². The van der Waals surface area contributed by atoms with Gasteiger partial charge in [-0.25, -0.2) is 14.6 Å². The van der Waals surface area contributed by atoms with Gasteiger partial charge in [-0.15, -0.1) is 0 Å². The van der Waals surface area contributed by atoms with Gasteiger partial charge < -0.3 is 14.2 Å². The van der Waals surface area contributed by atoms with Crippen LogP contribution in [-0.2, 0) is 19.1 Å². The van der Waals surface area contributed by atoms with Crippen LogP contribution in [0, 0.1) is 0 Å². The SMILES string of the molecule is CN1C2CCC13OC(=O)/C=C/C(=O)OC3C(Oc1ccc3ccccc3n1)C2. The number of piperidine rings is 1. The predicted octanol–water partition coefficient (Wildman–Crippen LogP) is 2.20. The van der Waals surface area contributed by atoms with Gasteiger partial charge in [-0.1, -0.05) is 18.2 Å². The summed E-state index contributed by atoms with van der Waals surface area (Å²) in [5.74, 6) is -0.652. The number of aromatic nitrogens is 1. The second kappa shape index (κ2) is 6.31. The summed E-state index contributed by atoms with van der Waals surface area (Å²) in [5.41, 5.74) is -0.184. The van der Waals surface area contributed by atoms with Crippen LogP contribution < -0.4 is 4.74 Å². The molecule has 3 aliphatic rings. The number of hydrogen-bond donors (Lipinski definition) is 0. The molecule has 1 aromatic heterocycles. The lowest BCUT2D eigenvalue weighted by Crippen LogP contribution is -2.66. The van der Waals surface area contributed by atoms with Crippen LogP contribution in [0.25, 0.3) is 10.9 Å². The first-order valence-corrected chi connectivity index (χ1v) is 9.42. The average Bonchev–Trinajstić information content (AvgIpc) is 2.90. The van der Waals surface area contributed by atoms with E-state index in [0.717, 1.165) is 29.5 Å². The molecule has 2 fully saturated rings. The molecule has 0 aliphatic carbocycles. The van der Waals surface area contributed by atoms with E-state index in [4.69, 9.17) is 14.2 Å². The third-order valence-electron chi connectivity index (χ3n) is 5.99. The van der Waals surface area contributed by atoms with Gasteiger partial charge in [0.2, 0.25) is 11.6 Å². The molecule has 0 N–H and O–H groups in total. The maximum atomic E-state index is 12.2. The molecule has 4 heterocycles. The number of rotatable bonds is 2. The Labute approximate surface area is 161 Å². The molecule has 2 saturated heterocycles. The molecule has 0 amide bonds. The number of nitrogens with zero attached hydrogens (tertiary/aromatic N) is 2. The molecule has 7 heteroatoms. The van der Waals surface area contributed by atoms with Gasteiger partial charge in [0.05, 0.1) is 5.52 Å². The number of benzene rings is 1. The number of fused-ring (bicyclic) bond motifs is 2. The molecule has 4 atom stereocenters. The van der Waals surface area contributed by atoms with Crippen molar-refractivity contribution < 1.29 is 23.8 Å². The van der Waals surface area contributed by atoms with Crippen LogP contribution in [0.2, 0.25) is 0 Å². The summed E-state index contributed by atoms with van der Waals surface area (Å²) in [7, 11) is 1.90. The molecule has 0 radical (unpaired) electrons. The number of likely N-dealkylation sites (N-methyl/N-ethyl adjacent to an activating group) is 1. The van der Waals surface area contributed by atoms with Gasteiger partial charge in [0, 0.05) is 42.5 Å². The summed E-state index contributed by atoms with van der Waals surface area (Å²) in [4.78, 5) is 30.9. The van der Waals surface area contributed by atoms with Gasteiger partial charge >= 0.3 is 11.9 Å². The molecule has 2 aromatic rings. The van der Waals surface area contributed by atoms with E-state index >= 15 is 0 Å². The van der Waals surface area contributed by atoms with Gasteiger partial charge in [-0.2, -0.15) is 0 Å². The van der Waals surface area contributed by atoms with Crippen molar-refractivity contribution in [1.82, 2.24) is 9.88 Å². The molecule has 3 aliphatic heterocycles. The van der Waals surface area contributed by atoms with Crippen LogP contribution in [0.15, 0.2) is 48.6 Å². The Morgan fingerprint density at radius 3 is 2.86 bits per heavy atom. The molecule has 1 aromatic carbocycles. The minimum absolute atomic E-state index is 0.177. The van der Waals surface area contributed by atoms with Crippen LogP contribution in [0.5, 0.6) is 5.88 Å². The first-order chi connectivity index (χ1) is 13.5. The number of hydrogen-bond acceptors (Lipinski definition) is 7. The van der Waals surface area contributed by atoms with Gasteiger partial charge in [0.25, 0.3) is 0 Å². The van der Waals surface area contributed by atoms with Crippen LogP contribution in [0.4, 0.5) is 0 Å². The largest absolute Gasteiger partial charge is 0.470 e. The molecule has 4 unspecified atom stereocenters. The quantitative estimate of drug-likeness (QED) is 0.739. The van der Waals surface area contributed by atoms with Crippen molar-refractivity contribution in [2.75, 3.05) is 7.05 Å². The van der Waals surface area contributed by atoms with E-state index in [2.05, 4.69) is 4.98 Å². The summed E-state index contributed by atoms with van der Waals surface area (Å²) in [6, 6.07) is 11.7. The zero-order valence-corrected chi connectivity index (χ0v) is 15.4. The molecule has 1 spiro atoms. The average molecular weight is 380 g/mol. The molecule has 7 nitrogen and oxygen atoms in total. The molecule has 5 rings (SSSR count). The minimum Gasteiger partial charge on any atom is -0.470 e. The van der Waals surface area contributed by atoms with E-state index in [-0.39, 0.29) is 6.04 Å². The highest BCUT2D eigenvalue weighted by Crippen LogP contribution is 2.46. The Kier molecular flexibility index (Phi) is 3.87. The minimum atomic E-state index is -1.01. The highest BCUT2D eigenvalue weighted by Gasteiger charge is 2.62. The molecule has 0 saturated carbocycles. The summed E-state index contributed by atoms with van der Waals surface area (Å²) < 4.78 is 17.7. The van der Waals surface area contributed by atoms with Crippen molar-refractivity contribution in [3.63, 3.8) is 0 Å².